The van der Waals surface area contributed by atoms with E-state index < -0.39 is 11.4 Å². The molecule has 0 bridgehead atoms. The van der Waals surface area contributed by atoms with Gasteiger partial charge in [0.25, 0.3) is 0 Å². The van der Waals surface area contributed by atoms with Crippen LogP contribution < -0.4 is 5.32 Å². The Labute approximate surface area is 132 Å². The predicted octanol–water partition coefficient (Wildman–Crippen LogP) is 3.22. The van der Waals surface area contributed by atoms with Crippen molar-refractivity contribution in [3.63, 3.8) is 0 Å². The molecule has 1 fully saturated rings. The SMILES string of the molecule is COC(=O)C1(C(=O)NC(C)c2cc3cc(Cl)ccc3o2)CC1. The monoisotopic (exact) mass is 321 g/mol. The van der Waals surface area contributed by atoms with Gasteiger partial charge in [0.2, 0.25) is 5.91 Å². The Hall–Kier alpha value is -2.01. The van der Waals surface area contributed by atoms with Crippen LogP contribution >= 0.6 is 11.6 Å². The van der Waals surface area contributed by atoms with Crippen LogP contribution in [0.5, 0.6) is 0 Å². The zero-order valence-corrected chi connectivity index (χ0v) is 13.1. The first-order valence-corrected chi connectivity index (χ1v) is 7.42. The predicted molar refractivity (Wildman–Crippen MR) is 81.5 cm³/mol. The third-order valence-corrected chi connectivity index (χ3v) is 4.27. The molecule has 0 spiro atoms. The van der Waals surface area contributed by atoms with Crippen molar-refractivity contribution in [1.82, 2.24) is 5.32 Å². The second-order valence-electron chi connectivity index (χ2n) is 5.60. The summed E-state index contributed by atoms with van der Waals surface area (Å²) < 4.78 is 10.4. The van der Waals surface area contributed by atoms with Crippen LogP contribution in [0.4, 0.5) is 0 Å². The smallest absolute Gasteiger partial charge is 0.321 e. The van der Waals surface area contributed by atoms with Gasteiger partial charge in [0.1, 0.15) is 16.8 Å². The van der Waals surface area contributed by atoms with Crippen LogP contribution in [0.1, 0.15) is 31.6 Å². The minimum atomic E-state index is -1.02. The molecule has 3 rings (SSSR count). The maximum absolute atomic E-state index is 12.3. The second-order valence-corrected chi connectivity index (χ2v) is 6.04. The maximum Gasteiger partial charge on any atom is 0.321 e. The number of benzene rings is 1. The molecule has 1 aliphatic carbocycles. The van der Waals surface area contributed by atoms with Gasteiger partial charge < -0.3 is 14.5 Å². The number of furan rings is 1. The van der Waals surface area contributed by atoms with E-state index in [0.717, 1.165) is 5.39 Å². The molecule has 1 atom stereocenters. The highest BCUT2D eigenvalue weighted by Crippen LogP contribution is 2.47. The van der Waals surface area contributed by atoms with Gasteiger partial charge in [-0.2, -0.15) is 0 Å². The van der Waals surface area contributed by atoms with Crippen LogP contribution in [0, 0.1) is 5.41 Å². The summed E-state index contributed by atoms with van der Waals surface area (Å²) in [5.74, 6) is -0.176. The Balaban J connectivity index is 1.77. The summed E-state index contributed by atoms with van der Waals surface area (Å²) >= 11 is 5.95. The summed E-state index contributed by atoms with van der Waals surface area (Å²) in [5, 5.41) is 4.32. The first-order chi connectivity index (χ1) is 10.5. The van der Waals surface area contributed by atoms with E-state index >= 15 is 0 Å². The average Bonchev–Trinajstić information content (AvgIpc) is 3.20. The minimum absolute atomic E-state index is 0.315. The van der Waals surface area contributed by atoms with Gasteiger partial charge in [0, 0.05) is 10.4 Å². The van der Waals surface area contributed by atoms with E-state index in [-0.39, 0.29) is 11.9 Å². The average molecular weight is 322 g/mol. The molecule has 5 nitrogen and oxygen atoms in total. The van der Waals surface area contributed by atoms with Gasteiger partial charge in [0.05, 0.1) is 13.2 Å². The van der Waals surface area contributed by atoms with Crippen LogP contribution in [0.3, 0.4) is 0 Å². The van der Waals surface area contributed by atoms with Gasteiger partial charge in [-0.15, -0.1) is 0 Å². The van der Waals surface area contributed by atoms with E-state index in [2.05, 4.69) is 5.32 Å². The maximum atomic E-state index is 12.3. The molecule has 6 heteroatoms. The molecule has 0 aliphatic heterocycles. The standard InChI is InChI=1S/C16H16ClNO4/c1-9(18-14(19)16(5-6-16)15(20)21-2)13-8-10-7-11(17)3-4-12(10)22-13/h3-4,7-9H,5-6H2,1-2H3,(H,18,19). The molecule has 1 amide bonds. The summed E-state index contributed by atoms with van der Waals surface area (Å²) in [7, 11) is 1.29. The molecule has 1 unspecified atom stereocenters. The molecule has 1 aromatic carbocycles. The molecule has 0 radical (unpaired) electrons. The van der Waals surface area contributed by atoms with E-state index in [1.54, 1.807) is 18.2 Å². The number of carbonyl (C=O) groups excluding carboxylic acids is 2. The van der Waals surface area contributed by atoms with Crippen molar-refractivity contribution in [3.05, 3.63) is 35.0 Å². The Kier molecular flexibility index (Phi) is 3.60. The van der Waals surface area contributed by atoms with E-state index in [0.29, 0.717) is 29.2 Å². The number of hydrogen-bond donors (Lipinski definition) is 1. The van der Waals surface area contributed by atoms with Gasteiger partial charge in [-0.1, -0.05) is 11.6 Å². The van der Waals surface area contributed by atoms with Crippen molar-refractivity contribution < 1.29 is 18.7 Å². The van der Waals surface area contributed by atoms with Gasteiger partial charge in [0.15, 0.2) is 0 Å². The fourth-order valence-electron chi connectivity index (χ4n) is 2.50. The van der Waals surface area contributed by atoms with Crippen molar-refractivity contribution in [1.29, 1.82) is 0 Å². The highest BCUT2D eigenvalue weighted by Gasteiger charge is 2.58. The van der Waals surface area contributed by atoms with Crippen molar-refractivity contribution >= 4 is 34.4 Å². The number of methoxy groups -OCH3 is 1. The molecule has 116 valence electrons. The highest BCUT2D eigenvalue weighted by atomic mass is 35.5. The zero-order chi connectivity index (χ0) is 15.9. The second kappa shape index (κ2) is 5.32. The van der Waals surface area contributed by atoms with E-state index in [1.165, 1.54) is 7.11 Å². The lowest BCUT2D eigenvalue weighted by Gasteiger charge is -2.16. The number of hydrogen-bond acceptors (Lipinski definition) is 4. The Bertz CT molecular complexity index is 748. The summed E-state index contributed by atoms with van der Waals surface area (Å²) in [6.45, 7) is 1.81. The number of rotatable bonds is 4. The number of nitrogens with one attached hydrogen (secondary N) is 1. The lowest BCUT2D eigenvalue weighted by molar-refractivity contribution is -0.152. The molecule has 1 heterocycles. The summed E-state index contributed by atoms with van der Waals surface area (Å²) in [5.41, 5.74) is -0.312. The molecule has 1 aromatic heterocycles. The molecule has 1 saturated carbocycles. The lowest BCUT2D eigenvalue weighted by Crippen LogP contribution is -2.38. The fraction of sp³-hybridized carbons (Fsp3) is 0.375. The van der Waals surface area contributed by atoms with Crippen molar-refractivity contribution in [2.75, 3.05) is 7.11 Å². The molecule has 1 N–H and O–H groups in total. The topological polar surface area (TPSA) is 68.5 Å². The normalized spacial score (nSPS) is 17.0. The quantitative estimate of drug-likeness (QED) is 0.693. The van der Waals surface area contributed by atoms with Crippen LogP contribution in [0.15, 0.2) is 28.7 Å². The number of fused-ring (bicyclic) bond motifs is 1. The van der Waals surface area contributed by atoms with Crippen LogP contribution in [0.25, 0.3) is 11.0 Å². The fourth-order valence-corrected chi connectivity index (χ4v) is 2.68. The molecule has 0 saturated heterocycles. The first kappa shape index (κ1) is 14.9. The molecule has 1 aliphatic rings. The van der Waals surface area contributed by atoms with Crippen LogP contribution in [-0.2, 0) is 14.3 Å². The molecule has 22 heavy (non-hydrogen) atoms. The Morgan fingerprint density at radius 3 is 2.73 bits per heavy atom. The molecular weight excluding hydrogens is 306 g/mol. The number of carbonyl (C=O) groups is 2. The van der Waals surface area contributed by atoms with E-state index in [9.17, 15) is 9.59 Å². The zero-order valence-electron chi connectivity index (χ0n) is 12.3. The van der Waals surface area contributed by atoms with Gasteiger partial charge in [-0.25, -0.2) is 0 Å². The lowest BCUT2D eigenvalue weighted by atomic mass is 10.1. The summed E-state index contributed by atoms with van der Waals surface area (Å²) in [6.07, 6.45) is 1.04. The number of amides is 1. The first-order valence-electron chi connectivity index (χ1n) is 7.05. The summed E-state index contributed by atoms with van der Waals surface area (Å²) in [4.78, 5) is 24.0. The third-order valence-electron chi connectivity index (χ3n) is 4.03. The van der Waals surface area contributed by atoms with Crippen LogP contribution in [-0.4, -0.2) is 19.0 Å². The minimum Gasteiger partial charge on any atom is -0.468 e. The van der Waals surface area contributed by atoms with E-state index in [4.69, 9.17) is 20.8 Å². The number of ether oxygens (including phenoxy) is 1. The highest BCUT2D eigenvalue weighted by molar-refractivity contribution is 6.31. The van der Waals surface area contributed by atoms with Crippen molar-refractivity contribution in [3.8, 4) is 0 Å². The Morgan fingerprint density at radius 1 is 1.36 bits per heavy atom. The number of halogens is 1. The van der Waals surface area contributed by atoms with Crippen LogP contribution in [0.2, 0.25) is 5.02 Å². The van der Waals surface area contributed by atoms with Gasteiger partial charge >= 0.3 is 5.97 Å². The van der Waals surface area contributed by atoms with Crippen molar-refractivity contribution in [2.45, 2.75) is 25.8 Å². The van der Waals surface area contributed by atoms with Gasteiger partial charge in [-0.05, 0) is 44.0 Å². The Morgan fingerprint density at radius 2 is 2.09 bits per heavy atom. The summed E-state index contributed by atoms with van der Waals surface area (Å²) in [6, 6.07) is 6.82. The molecule has 2 aromatic rings. The third kappa shape index (κ3) is 2.46. The van der Waals surface area contributed by atoms with Crippen molar-refractivity contribution in [2.24, 2.45) is 5.41 Å². The number of esters is 1. The molecular formula is C16H16ClNO4. The largest absolute Gasteiger partial charge is 0.468 e. The van der Waals surface area contributed by atoms with E-state index in [1.807, 2.05) is 13.0 Å². The van der Waals surface area contributed by atoms with Gasteiger partial charge in [-0.3, -0.25) is 9.59 Å².